The Labute approximate surface area is 246 Å². The van der Waals surface area contributed by atoms with Crippen LogP contribution in [0.4, 0.5) is 21.1 Å². The number of likely N-dealkylation sites (tertiary alicyclic amines) is 1. The molecule has 3 amide bonds. The molecule has 1 aliphatic rings. The lowest BCUT2D eigenvalue weighted by molar-refractivity contribution is 0.0291. The molecule has 0 saturated carbocycles. The summed E-state index contributed by atoms with van der Waals surface area (Å²) in [5.74, 6) is 0.642. The van der Waals surface area contributed by atoms with Gasteiger partial charge in [0.2, 0.25) is 0 Å². The fourth-order valence-electron chi connectivity index (χ4n) is 5.35. The number of nitrogens with one attached hydrogen (secondary N) is 3. The van der Waals surface area contributed by atoms with Gasteiger partial charge in [-0.25, -0.2) is 9.59 Å². The summed E-state index contributed by atoms with van der Waals surface area (Å²) in [5.41, 5.74) is 2.28. The van der Waals surface area contributed by atoms with Crippen molar-refractivity contribution in [1.29, 1.82) is 0 Å². The highest BCUT2D eigenvalue weighted by Crippen LogP contribution is 2.41. The van der Waals surface area contributed by atoms with Gasteiger partial charge in [0, 0.05) is 26.2 Å². The summed E-state index contributed by atoms with van der Waals surface area (Å²) in [5, 5.41) is 14.3. The number of ether oxygens (including phenoxy) is 1. The molecule has 1 atom stereocenters. The van der Waals surface area contributed by atoms with Gasteiger partial charge in [-0.15, -0.1) is 0 Å². The SMILES string of the molecule is Cn1ncc(NC(=O)NC2CCN(C(=O)OC(C)(C)C)C2)c1NC(c1ccccc1)(c1ccccc1)c1ccccc1. The Morgan fingerprint density at radius 2 is 1.38 bits per heavy atom. The molecule has 1 aliphatic heterocycles. The average Bonchev–Trinajstić information content (AvgIpc) is 3.58. The first-order chi connectivity index (χ1) is 20.2. The molecule has 1 fully saturated rings. The first-order valence-electron chi connectivity index (χ1n) is 14.2. The van der Waals surface area contributed by atoms with Crippen molar-refractivity contribution in [3.8, 4) is 0 Å². The number of nitrogens with zero attached hydrogens (tertiary/aromatic N) is 3. The number of rotatable bonds is 7. The van der Waals surface area contributed by atoms with Crippen LogP contribution in [0, 0.1) is 0 Å². The highest BCUT2D eigenvalue weighted by Gasteiger charge is 2.38. The maximum atomic E-state index is 13.2. The topological polar surface area (TPSA) is 101 Å². The smallest absolute Gasteiger partial charge is 0.410 e. The van der Waals surface area contributed by atoms with E-state index in [-0.39, 0.29) is 18.2 Å². The van der Waals surface area contributed by atoms with Crippen LogP contribution in [0.3, 0.4) is 0 Å². The minimum Gasteiger partial charge on any atom is -0.444 e. The molecule has 218 valence electrons. The van der Waals surface area contributed by atoms with Crippen molar-refractivity contribution in [3.05, 3.63) is 114 Å². The Morgan fingerprint density at radius 3 is 1.88 bits per heavy atom. The van der Waals surface area contributed by atoms with E-state index in [0.29, 0.717) is 31.0 Å². The summed E-state index contributed by atoms with van der Waals surface area (Å²) >= 11 is 0. The molecule has 0 radical (unpaired) electrons. The van der Waals surface area contributed by atoms with E-state index >= 15 is 0 Å². The number of benzene rings is 3. The second kappa shape index (κ2) is 12.0. The molecule has 0 spiro atoms. The molecule has 0 bridgehead atoms. The first kappa shape index (κ1) is 28.7. The Hall–Kier alpha value is -4.79. The third-order valence-electron chi connectivity index (χ3n) is 7.29. The molecule has 1 saturated heterocycles. The number of carbonyl (C=O) groups is 2. The number of aromatic nitrogens is 2. The molecule has 4 aromatic rings. The van der Waals surface area contributed by atoms with E-state index in [1.54, 1.807) is 15.8 Å². The summed E-state index contributed by atoms with van der Waals surface area (Å²) in [6.45, 7) is 6.43. The Morgan fingerprint density at radius 1 is 0.857 bits per heavy atom. The van der Waals surface area contributed by atoms with Crippen LogP contribution in [-0.2, 0) is 17.3 Å². The van der Waals surface area contributed by atoms with Crippen LogP contribution in [0.1, 0.15) is 43.9 Å². The Bertz CT molecular complexity index is 1400. The lowest BCUT2D eigenvalue weighted by atomic mass is 9.77. The Kier molecular flexibility index (Phi) is 8.20. The van der Waals surface area contributed by atoms with Crippen molar-refractivity contribution >= 4 is 23.6 Å². The van der Waals surface area contributed by atoms with E-state index in [0.717, 1.165) is 16.7 Å². The largest absolute Gasteiger partial charge is 0.444 e. The average molecular weight is 567 g/mol. The van der Waals surface area contributed by atoms with Crippen LogP contribution in [0.15, 0.2) is 97.2 Å². The van der Waals surface area contributed by atoms with Crippen LogP contribution >= 0.6 is 0 Å². The molecule has 9 nitrogen and oxygen atoms in total. The van der Waals surface area contributed by atoms with E-state index in [9.17, 15) is 9.59 Å². The zero-order valence-corrected chi connectivity index (χ0v) is 24.5. The van der Waals surface area contributed by atoms with Gasteiger partial charge in [-0.3, -0.25) is 4.68 Å². The molecule has 1 aromatic heterocycles. The van der Waals surface area contributed by atoms with Crippen LogP contribution in [-0.4, -0.2) is 51.5 Å². The summed E-state index contributed by atoms with van der Waals surface area (Å²) < 4.78 is 7.21. The summed E-state index contributed by atoms with van der Waals surface area (Å²) in [4.78, 5) is 27.3. The van der Waals surface area contributed by atoms with E-state index < -0.39 is 11.1 Å². The van der Waals surface area contributed by atoms with Gasteiger partial charge in [-0.2, -0.15) is 5.10 Å². The minimum atomic E-state index is -0.788. The molecule has 5 rings (SSSR count). The Balaban J connectivity index is 1.41. The second-order valence-electron chi connectivity index (χ2n) is 11.5. The summed E-state index contributed by atoms with van der Waals surface area (Å²) in [7, 11) is 1.84. The number of anilines is 2. The molecule has 3 aromatic carbocycles. The summed E-state index contributed by atoms with van der Waals surface area (Å²) in [6, 6.07) is 30.2. The molecule has 3 N–H and O–H groups in total. The zero-order valence-electron chi connectivity index (χ0n) is 24.5. The first-order valence-corrected chi connectivity index (χ1v) is 14.2. The fourth-order valence-corrected chi connectivity index (χ4v) is 5.35. The van der Waals surface area contributed by atoms with E-state index in [1.165, 1.54) is 0 Å². The highest BCUT2D eigenvalue weighted by atomic mass is 16.6. The number of hydrogen-bond acceptors (Lipinski definition) is 5. The quantitative estimate of drug-likeness (QED) is 0.240. The second-order valence-corrected chi connectivity index (χ2v) is 11.5. The van der Waals surface area contributed by atoms with Crippen molar-refractivity contribution in [1.82, 2.24) is 20.0 Å². The lowest BCUT2D eigenvalue weighted by Crippen LogP contribution is -2.42. The molecule has 42 heavy (non-hydrogen) atoms. The standard InChI is InChI=1S/C33H38N6O3/c1-32(2,3)42-31(41)39-21-20-27(23-39)35-30(40)36-28-22-34-38(4)29(28)37-33(24-14-8-5-9-15-24,25-16-10-6-11-17-25)26-18-12-7-13-19-26/h5-19,22,27,37H,20-21,23H2,1-4H3,(H2,35,36,40). The number of amides is 3. The van der Waals surface area contributed by atoms with Crippen LogP contribution in [0.25, 0.3) is 0 Å². The molecular formula is C33H38N6O3. The number of urea groups is 1. The number of aryl methyl sites for hydroxylation is 1. The predicted octanol–water partition coefficient (Wildman–Crippen LogP) is 5.96. The van der Waals surface area contributed by atoms with Gasteiger partial charge < -0.3 is 25.6 Å². The third kappa shape index (κ3) is 6.25. The maximum absolute atomic E-state index is 13.2. The van der Waals surface area contributed by atoms with Crippen molar-refractivity contribution in [2.75, 3.05) is 23.7 Å². The molecule has 0 aliphatic carbocycles. The normalized spacial score (nSPS) is 15.2. The van der Waals surface area contributed by atoms with Gasteiger partial charge >= 0.3 is 12.1 Å². The third-order valence-corrected chi connectivity index (χ3v) is 7.29. The van der Waals surface area contributed by atoms with Crippen molar-refractivity contribution in [2.24, 2.45) is 7.05 Å². The van der Waals surface area contributed by atoms with Crippen molar-refractivity contribution in [3.63, 3.8) is 0 Å². The fraction of sp³-hybridized carbons (Fsp3) is 0.303. The number of carbonyl (C=O) groups excluding carboxylic acids is 2. The summed E-state index contributed by atoms with van der Waals surface area (Å²) in [6.07, 6.45) is 1.91. The predicted molar refractivity (Wildman–Crippen MR) is 164 cm³/mol. The van der Waals surface area contributed by atoms with Crippen LogP contribution < -0.4 is 16.0 Å². The lowest BCUT2D eigenvalue weighted by Gasteiger charge is -2.38. The maximum Gasteiger partial charge on any atom is 0.410 e. The molecule has 9 heteroatoms. The van der Waals surface area contributed by atoms with E-state index in [1.807, 2.05) is 82.4 Å². The van der Waals surface area contributed by atoms with Gasteiger partial charge in [-0.1, -0.05) is 91.0 Å². The van der Waals surface area contributed by atoms with Gasteiger partial charge in [-0.05, 0) is 43.9 Å². The zero-order chi connectivity index (χ0) is 29.7. The van der Waals surface area contributed by atoms with Crippen LogP contribution in [0.2, 0.25) is 0 Å². The van der Waals surface area contributed by atoms with Gasteiger partial charge in [0.1, 0.15) is 22.6 Å². The number of hydrogen-bond donors (Lipinski definition) is 3. The van der Waals surface area contributed by atoms with Gasteiger partial charge in [0.15, 0.2) is 0 Å². The van der Waals surface area contributed by atoms with Crippen molar-refractivity contribution in [2.45, 2.75) is 44.4 Å². The minimum absolute atomic E-state index is 0.192. The molecule has 1 unspecified atom stereocenters. The molecular weight excluding hydrogens is 528 g/mol. The van der Waals surface area contributed by atoms with Gasteiger partial charge in [0.25, 0.3) is 0 Å². The van der Waals surface area contributed by atoms with E-state index in [2.05, 4.69) is 57.4 Å². The van der Waals surface area contributed by atoms with E-state index in [4.69, 9.17) is 4.74 Å². The highest BCUT2D eigenvalue weighted by molar-refractivity contribution is 5.92. The molecule has 2 heterocycles. The monoisotopic (exact) mass is 566 g/mol. The van der Waals surface area contributed by atoms with Crippen LogP contribution in [0.5, 0.6) is 0 Å². The van der Waals surface area contributed by atoms with Gasteiger partial charge in [0.05, 0.1) is 6.20 Å². The van der Waals surface area contributed by atoms with Crippen molar-refractivity contribution < 1.29 is 14.3 Å².